The zero-order valence-corrected chi connectivity index (χ0v) is 15.4. The molecule has 26 heavy (non-hydrogen) atoms. The Balaban J connectivity index is 1.84. The summed E-state index contributed by atoms with van der Waals surface area (Å²) in [6.07, 6.45) is 3.01. The molecule has 0 unspecified atom stereocenters. The van der Waals surface area contributed by atoms with Crippen LogP contribution in [-0.2, 0) is 14.2 Å². The molecule has 4 atom stereocenters. The molecule has 1 fully saturated rings. The molecule has 0 spiro atoms. The van der Waals surface area contributed by atoms with Crippen molar-refractivity contribution in [3.63, 3.8) is 0 Å². The predicted octanol–water partition coefficient (Wildman–Crippen LogP) is 2.67. The van der Waals surface area contributed by atoms with Gasteiger partial charge in [-0.2, -0.15) is 0 Å². The summed E-state index contributed by atoms with van der Waals surface area (Å²) in [6.45, 7) is 2.28. The fraction of sp³-hybridized carbons (Fsp3) is 0.650. The van der Waals surface area contributed by atoms with Crippen molar-refractivity contribution in [3.8, 4) is 0 Å². The van der Waals surface area contributed by atoms with Crippen molar-refractivity contribution in [1.82, 2.24) is 0 Å². The van der Waals surface area contributed by atoms with E-state index >= 15 is 0 Å². The van der Waals surface area contributed by atoms with Gasteiger partial charge in [0.05, 0.1) is 12.2 Å². The maximum Gasteiger partial charge on any atom is 0.338 e. The minimum atomic E-state index is -1.12. The lowest BCUT2D eigenvalue weighted by atomic mass is 10.1. The lowest BCUT2D eigenvalue weighted by Crippen LogP contribution is -2.39. The van der Waals surface area contributed by atoms with Crippen LogP contribution in [0.5, 0.6) is 0 Å². The maximum absolute atomic E-state index is 12.3. The van der Waals surface area contributed by atoms with Crippen LogP contribution in [0.25, 0.3) is 0 Å². The molecule has 1 saturated heterocycles. The molecule has 1 aliphatic rings. The first-order valence-electron chi connectivity index (χ1n) is 9.49. The highest BCUT2D eigenvalue weighted by molar-refractivity contribution is 5.89. The van der Waals surface area contributed by atoms with E-state index < -0.39 is 30.6 Å². The van der Waals surface area contributed by atoms with E-state index in [1.807, 2.05) is 0 Å². The van der Waals surface area contributed by atoms with Crippen LogP contribution in [0.2, 0.25) is 0 Å². The second kappa shape index (κ2) is 11.3. The van der Waals surface area contributed by atoms with E-state index in [0.29, 0.717) is 12.2 Å². The molecule has 2 N–H and O–H groups in total. The van der Waals surface area contributed by atoms with Gasteiger partial charge < -0.3 is 24.4 Å². The Hall–Kier alpha value is -1.47. The van der Waals surface area contributed by atoms with E-state index in [1.54, 1.807) is 30.3 Å². The Morgan fingerprint density at radius 1 is 1.12 bits per heavy atom. The van der Waals surface area contributed by atoms with E-state index in [0.717, 1.165) is 19.3 Å². The van der Waals surface area contributed by atoms with Gasteiger partial charge in [-0.25, -0.2) is 4.79 Å². The molecule has 6 nitrogen and oxygen atoms in total. The maximum atomic E-state index is 12.3. The lowest BCUT2D eigenvalue weighted by Gasteiger charge is -2.21. The molecular formula is C20H30O6. The highest BCUT2D eigenvalue weighted by atomic mass is 16.7. The molecule has 1 aromatic rings. The summed E-state index contributed by atoms with van der Waals surface area (Å²) >= 11 is 0. The standard InChI is InChI=1S/C20H30O6/c1-2-3-4-5-6-10-13-24-20-18(17(22)16(14-21)25-20)26-19(23)15-11-8-7-9-12-15/h7-9,11-12,16-18,20-22H,2-6,10,13-14H2,1H3/t16-,17-,18+,20+/m1/s1. The average Bonchev–Trinajstić information content (AvgIpc) is 2.97. The Labute approximate surface area is 155 Å². The van der Waals surface area contributed by atoms with Crippen molar-refractivity contribution in [2.24, 2.45) is 0 Å². The van der Waals surface area contributed by atoms with Gasteiger partial charge in [0.2, 0.25) is 0 Å². The van der Waals surface area contributed by atoms with Crippen LogP contribution in [0.15, 0.2) is 30.3 Å². The molecule has 0 saturated carbocycles. The molecule has 6 heteroatoms. The van der Waals surface area contributed by atoms with Crippen LogP contribution < -0.4 is 0 Å². The summed E-state index contributed by atoms with van der Waals surface area (Å²) in [5, 5.41) is 19.6. The minimum absolute atomic E-state index is 0.364. The van der Waals surface area contributed by atoms with Gasteiger partial charge in [0.1, 0.15) is 12.2 Å². The molecule has 0 radical (unpaired) electrons. The van der Waals surface area contributed by atoms with Crippen molar-refractivity contribution in [2.75, 3.05) is 13.2 Å². The van der Waals surface area contributed by atoms with Crippen LogP contribution in [0.1, 0.15) is 55.8 Å². The number of benzene rings is 1. The van der Waals surface area contributed by atoms with E-state index in [4.69, 9.17) is 14.2 Å². The number of aliphatic hydroxyl groups is 2. The van der Waals surface area contributed by atoms with Crippen molar-refractivity contribution < 1.29 is 29.2 Å². The summed E-state index contributed by atoms with van der Waals surface area (Å²) in [7, 11) is 0. The Kier molecular flexibility index (Phi) is 9.05. The van der Waals surface area contributed by atoms with Crippen LogP contribution >= 0.6 is 0 Å². The zero-order valence-electron chi connectivity index (χ0n) is 15.4. The third kappa shape index (κ3) is 6.06. The SMILES string of the molecule is CCCCCCCCO[C@H]1O[C@H](CO)[C@@H](O)[C@@H]1OC(=O)c1ccccc1. The predicted molar refractivity (Wildman–Crippen MR) is 96.7 cm³/mol. The number of hydrogen-bond donors (Lipinski definition) is 2. The van der Waals surface area contributed by atoms with Gasteiger partial charge in [0, 0.05) is 6.61 Å². The quantitative estimate of drug-likeness (QED) is 0.463. The Morgan fingerprint density at radius 3 is 2.50 bits per heavy atom. The topological polar surface area (TPSA) is 85.2 Å². The van der Waals surface area contributed by atoms with Gasteiger partial charge in [-0.1, -0.05) is 57.2 Å². The van der Waals surface area contributed by atoms with Gasteiger partial charge >= 0.3 is 5.97 Å². The smallest absolute Gasteiger partial charge is 0.338 e. The number of esters is 1. The molecule has 0 amide bonds. The lowest BCUT2D eigenvalue weighted by molar-refractivity contribution is -0.170. The second-order valence-corrected chi connectivity index (χ2v) is 6.59. The molecule has 2 rings (SSSR count). The second-order valence-electron chi connectivity index (χ2n) is 6.59. The van der Waals surface area contributed by atoms with E-state index in [2.05, 4.69) is 6.92 Å². The van der Waals surface area contributed by atoms with Crippen LogP contribution in [-0.4, -0.2) is 54.0 Å². The first kappa shape index (κ1) is 20.8. The monoisotopic (exact) mass is 366 g/mol. The number of hydrogen-bond acceptors (Lipinski definition) is 6. The fourth-order valence-electron chi connectivity index (χ4n) is 2.96. The number of aliphatic hydroxyl groups excluding tert-OH is 2. The highest BCUT2D eigenvalue weighted by Gasteiger charge is 2.46. The minimum Gasteiger partial charge on any atom is -0.450 e. The summed E-state index contributed by atoms with van der Waals surface area (Å²) < 4.78 is 16.6. The van der Waals surface area contributed by atoms with Crippen LogP contribution in [0, 0.1) is 0 Å². The average molecular weight is 366 g/mol. The first-order valence-corrected chi connectivity index (χ1v) is 9.49. The molecular weight excluding hydrogens is 336 g/mol. The summed E-state index contributed by atoms with van der Waals surface area (Å²) in [5.41, 5.74) is 0.391. The van der Waals surface area contributed by atoms with Crippen LogP contribution in [0.4, 0.5) is 0 Å². The molecule has 1 heterocycles. The molecule has 0 aliphatic carbocycles. The van der Waals surface area contributed by atoms with Crippen molar-refractivity contribution >= 4 is 5.97 Å². The van der Waals surface area contributed by atoms with Gasteiger partial charge in [0.25, 0.3) is 0 Å². The van der Waals surface area contributed by atoms with E-state index in [1.165, 1.54) is 19.3 Å². The Morgan fingerprint density at radius 2 is 1.81 bits per heavy atom. The zero-order chi connectivity index (χ0) is 18.8. The molecule has 1 aliphatic heterocycles. The van der Waals surface area contributed by atoms with Gasteiger partial charge in [-0.15, -0.1) is 0 Å². The number of ether oxygens (including phenoxy) is 3. The summed E-state index contributed by atoms with van der Waals surface area (Å²) in [6, 6.07) is 8.56. The van der Waals surface area contributed by atoms with Gasteiger partial charge in [-0.3, -0.25) is 0 Å². The number of rotatable bonds is 11. The molecule has 0 aromatic heterocycles. The van der Waals surface area contributed by atoms with Crippen LogP contribution in [0.3, 0.4) is 0 Å². The third-order valence-electron chi connectivity index (χ3n) is 4.51. The number of unbranched alkanes of at least 4 members (excludes halogenated alkanes) is 5. The Bertz CT molecular complexity index is 520. The first-order chi connectivity index (χ1) is 12.7. The normalized spacial score (nSPS) is 25.3. The summed E-state index contributed by atoms with van der Waals surface area (Å²) in [5.74, 6) is -0.551. The fourth-order valence-corrected chi connectivity index (χ4v) is 2.96. The van der Waals surface area contributed by atoms with E-state index in [-0.39, 0.29) is 6.61 Å². The molecule has 146 valence electrons. The summed E-state index contributed by atoms with van der Waals surface area (Å²) in [4.78, 5) is 12.3. The highest BCUT2D eigenvalue weighted by Crippen LogP contribution is 2.26. The largest absolute Gasteiger partial charge is 0.450 e. The van der Waals surface area contributed by atoms with E-state index in [9.17, 15) is 15.0 Å². The van der Waals surface area contributed by atoms with Crippen molar-refractivity contribution in [2.45, 2.75) is 70.1 Å². The number of carbonyl (C=O) groups is 1. The van der Waals surface area contributed by atoms with Gasteiger partial charge in [-0.05, 0) is 18.6 Å². The number of carbonyl (C=O) groups excluding carboxylic acids is 1. The molecule has 0 bridgehead atoms. The van der Waals surface area contributed by atoms with Crippen molar-refractivity contribution in [3.05, 3.63) is 35.9 Å². The van der Waals surface area contributed by atoms with Gasteiger partial charge in [0.15, 0.2) is 12.4 Å². The third-order valence-corrected chi connectivity index (χ3v) is 4.51. The molecule has 1 aromatic carbocycles. The van der Waals surface area contributed by atoms with Crippen molar-refractivity contribution in [1.29, 1.82) is 0 Å².